The van der Waals surface area contributed by atoms with Crippen LogP contribution < -0.4 is 0 Å². The lowest BCUT2D eigenvalue weighted by molar-refractivity contribution is -0.160. The predicted octanol–water partition coefficient (Wildman–Crippen LogP) is 0.852. The lowest BCUT2D eigenvalue weighted by atomic mass is 9.82. The Kier molecular flexibility index (Phi) is 4.56. The van der Waals surface area contributed by atoms with Crippen LogP contribution in [0.2, 0.25) is 0 Å². The first-order chi connectivity index (χ1) is 7.35. The molecule has 0 aliphatic heterocycles. The number of allylic oxidation sites excluding steroid dienone is 1. The van der Waals surface area contributed by atoms with Crippen molar-refractivity contribution >= 4 is 11.9 Å². The molecule has 0 atom stereocenters. The minimum atomic E-state index is -2.16. The molecule has 0 heterocycles. The fourth-order valence-corrected chi connectivity index (χ4v) is 1.12. The van der Waals surface area contributed by atoms with Gasteiger partial charge in [0.1, 0.15) is 0 Å². The number of carboxylic acids is 2. The normalized spacial score (nSPS) is 10.2. The van der Waals surface area contributed by atoms with Gasteiger partial charge in [0.2, 0.25) is 0 Å². The molecule has 0 saturated carbocycles. The van der Waals surface area contributed by atoms with Crippen molar-refractivity contribution in [1.82, 2.24) is 0 Å². The third-order valence-electron chi connectivity index (χ3n) is 2.19. The molecule has 0 saturated heterocycles. The molecule has 16 heavy (non-hydrogen) atoms. The summed E-state index contributed by atoms with van der Waals surface area (Å²) in [4.78, 5) is 22.1. The van der Waals surface area contributed by atoms with Gasteiger partial charge >= 0.3 is 11.9 Å². The van der Waals surface area contributed by atoms with Crippen molar-refractivity contribution in [2.24, 2.45) is 5.41 Å². The molecule has 0 spiro atoms. The summed E-state index contributed by atoms with van der Waals surface area (Å²) in [6.45, 7) is 4.40. The minimum absolute atomic E-state index is 0.155. The van der Waals surface area contributed by atoms with Crippen molar-refractivity contribution in [3.8, 4) is 0 Å². The van der Waals surface area contributed by atoms with E-state index in [2.05, 4.69) is 6.58 Å². The van der Waals surface area contributed by atoms with Crippen LogP contribution in [0.3, 0.4) is 0 Å². The Bertz CT molecular complexity index is 321. The highest BCUT2D eigenvalue weighted by molar-refractivity contribution is 6.02. The first-order valence-electron chi connectivity index (χ1n) is 4.28. The molecule has 0 rings (SSSR count). The number of rotatable bonds is 6. The number of carboxylic acid groups (broad SMARTS) is 2. The second-order valence-electron chi connectivity index (χ2n) is 3.05. The summed E-state index contributed by atoms with van der Waals surface area (Å²) < 4.78 is 9.52. The molecule has 0 aliphatic rings. The third-order valence-corrected chi connectivity index (χ3v) is 2.19. The van der Waals surface area contributed by atoms with Crippen molar-refractivity contribution in [2.45, 2.75) is 6.92 Å². The number of hydrogen-bond acceptors (Lipinski definition) is 4. The average molecular weight is 230 g/mol. The van der Waals surface area contributed by atoms with Crippen molar-refractivity contribution in [2.75, 3.05) is 14.2 Å². The Morgan fingerprint density at radius 1 is 1.19 bits per heavy atom. The Balaban J connectivity index is 5.86. The molecule has 0 aromatic carbocycles. The number of hydrogen-bond donors (Lipinski definition) is 2. The standard InChI is InChI=1S/C10H14O6/c1-5-6(7(15-3)16-4)10(2,8(11)12)9(13)14/h5H,1H2,2-4H3,(H,11,12)(H,13,14). The first kappa shape index (κ1) is 14.0. The van der Waals surface area contributed by atoms with E-state index in [1.165, 1.54) is 14.2 Å². The molecule has 0 fully saturated rings. The zero-order valence-electron chi connectivity index (χ0n) is 9.31. The summed E-state index contributed by atoms with van der Waals surface area (Å²) in [5, 5.41) is 17.9. The minimum Gasteiger partial charge on any atom is -0.480 e. The van der Waals surface area contributed by atoms with Gasteiger partial charge in [0.25, 0.3) is 5.95 Å². The van der Waals surface area contributed by atoms with Gasteiger partial charge in [-0.25, -0.2) is 0 Å². The molecule has 0 aromatic heterocycles. The van der Waals surface area contributed by atoms with Gasteiger partial charge in [-0.15, -0.1) is 0 Å². The largest absolute Gasteiger partial charge is 0.480 e. The molecule has 6 nitrogen and oxygen atoms in total. The molecule has 0 radical (unpaired) electrons. The maximum Gasteiger partial charge on any atom is 0.325 e. The van der Waals surface area contributed by atoms with Crippen molar-refractivity contribution in [3.05, 3.63) is 24.2 Å². The summed E-state index contributed by atoms with van der Waals surface area (Å²) in [6.07, 6.45) is 1.09. The molecule has 0 unspecified atom stereocenters. The maximum absolute atomic E-state index is 11.0. The van der Waals surface area contributed by atoms with E-state index in [4.69, 9.17) is 19.7 Å². The summed E-state index contributed by atoms with van der Waals surface area (Å²) >= 11 is 0. The van der Waals surface area contributed by atoms with E-state index in [-0.39, 0.29) is 11.5 Å². The second-order valence-corrected chi connectivity index (χ2v) is 3.05. The molecule has 90 valence electrons. The monoisotopic (exact) mass is 230 g/mol. The van der Waals surface area contributed by atoms with Crippen LogP contribution in [0, 0.1) is 5.41 Å². The fraction of sp³-hybridized carbons (Fsp3) is 0.400. The molecular weight excluding hydrogens is 216 g/mol. The molecular formula is C10H14O6. The van der Waals surface area contributed by atoms with Crippen LogP contribution in [-0.4, -0.2) is 36.4 Å². The Labute approximate surface area is 92.8 Å². The van der Waals surface area contributed by atoms with Crippen LogP contribution in [-0.2, 0) is 19.1 Å². The van der Waals surface area contributed by atoms with Crippen LogP contribution >= 0.6 is 0 Å². The van der Waals surface area contributed by atoms with Crippen LogP contribution in [0.5, 0.6) is 0 Å². The van der Waals surface area contributed by atoms with E-state index >= 15 is 0 Å². The fourth-order valence-electron chi connectivity index (χ4n) is 1.12. The van der Waals surface area contributed by atoms with Crippen molar-refractivity contribution < 1.29 is 29.3 Å². The van der Waals surface area contributed by atoms with Gasteiger partial charge < -0.3 is 19.7 Å². The van der Waals surface area contributed by atoms with Gasteiger partial charge in [-0.1, -0.05) is 12.7 Å². The SMILES string of the molecule is C=CC(=C(OC)OC)C(C)(C(=O)O)C(=O)O. The number of methoxy groups -OCH3 is 2. The van der Waals surface area contributed by atoms with E-state index in [9.17, 15) is 9.59 Å². The van der Waals surface area contributed by atoms with Gasteiger partial charge in [0.15, 0.2) is 5.41 Å². The van der Waals surface area contributed by atoms with Crippen molar-refractivity contribution in [1.29, 1.82) is 0 Å². The summed E-state index contributed by atoms with van der Waals surface area (Å²) in [5.74, 6) is -3.25. The number of ether oxygens (including phenoxy) is 2. The maximum atomic E-state index is 11.0. The van der Waals surface area contributed by atoms with Crippen LogP contribution in [0.1, 0.15) is 6.92 Å². The Hall–Kier alpha value is -1.98. The van der Waals surface area contributed by atoms with Gasteiger partial charge in [-0.05, 0) is 6.92 Å². The third kappa shape index (κ3) is 2.16. The lowest BCUT2D eigenvalue weighted by Crippen LogP contribution is -2.38. The molecule has 2 N–H and O–H groups in total. The van der Waals surface area contributed by atoms with Crippen LogP contribution in [0.25, 0.3) is 0 Å². The number of carbonyl (C=O) groups is 2. The first-order valence-corrected chi connectivity index (χ1v) is 4.28. The summed E-state index contributed by atoms with van der Waals surface area (Å²) in [7, 11) is 2.49. The highest BCUT2D eigenvalue weighted by Gasteiger charge is 2.47. The van der Waals surface area contributed by atoms with E-state index in [0.717, 1.165) is 13.0 Å². The van der Waals surface area contributed by atoms with E-state index in [1.54, 1.807) is 0 Å². The topological polar surface area (TPSA) is 93.1 Å². The Morgan fingerprint density at radius 2 is 1.56 bits per heavy atom. The van der Waals surface area contributed by atoms with E-state index in [0.29, 0.717) is 0 Å². The van der Waals surface area contributed by atoms with E-state index < -0.39 is 17.4 Å². The number of aliphatic carboxylic acids is 2. The van der Waals surface area contributed by atoms with Crippen LogP contribution in [0.15, 0.2) is 24.2 Å². The van der Waals surface area contributed by atoms with Gasteiger partial charge in [0, 0.05) is 0 Å². The highest BCUT2D eigenvalue weighted by Crippen LogP contribution is 2.31. The van der Waals surface area contributed by atoms with Crippen LogP contribution in [0.4, 0.5) is 0 Å². The molecule has 0 aromatic rings. The quantitative estimate of drug-likeness (QED) is 0.399. The average Bonchev–Trinajstić information content (AvgIpc) is 2.23. The van der Waals surface area contributed by atoms with Gasteiger partial charge in [-0.2, -0.15) is 0 Å². The Morgan fingerprint density at radius 3 is 1.75 bits per heavy atom. The molecule has 0 bridgehead atoms. The molecule has 0 amide bonds. The lowest BCUT2D eigenvalue weighted by Gasteiger charge is -2.22. The highest BCUT2D eigenvalue weighted by atomic mass is 16.7. The zero-order chi connectivity index (χ0) is 12.9. The molecule has 6 heteroatoms. The van der Waals surface area contributed by atoms with Gasteiger partial charge in [-0.3, -0.25) is 9.59 Å². The van der Waals surface area contributed by atoms with Gasteiger partial charge in [0.05, 0.1) is 19.8 Å². The van der Waals surface area contributed by atoms with Crippen molar-refractivity contribution in [3.63, 3.8) is 0 Å². The molecule has 0 aliphatic carbocycles. The van der Waals surface area contributed by atoms with E-state index in [1.807, 2.05) is 0 Å². The smallest absolute Gasteiger partial charge is 0.325 e. The summed E-state index contributed by atoms with van der Waals surface area (Å²) in [6, 6.07) is 0. The zero-order valence-corrected chi connectivity index (χ0v) is 9.31. The second kappa shape index (κ2) is 5.20. The predicted molar refractivity (Wildman–Crippen MR) is 54.6 cm³/mol. The summed E-state index contributed by atoms with van der Waals surface area (Å²) in [5.41, 5.74) is -2.32.